The molecule has 1 saturated heterocycles. The molecule has 2 amide bonds. The highest BCUT2D eigenvalue weighted by molar-refractivity contribution is 7.15. The van der Waals surface area contributed by atoms with Crippen LogP contribution in [-0.2, 0) is 24.1 Å². The van der Waals surface area contributed by atoms with Gasteiger partial charge in [0.05, 0.1) is 18.9 Å². The summed E-state index contributed by atoms with van der Waals surface area (Å²) in [6, 6.07) is 3.68. The number of carbonyl (C=O) groups excluding carboxylic acids is 1. The van der Waals surface area contributed by atoms with Gasteiger partial charge in [0.15, 0.2) is 5.13 Å². The molecule has 2 N–H and O–H groups in total. The number of morpholine rings is 1. The lowest BCUT2D eigenvalue weighted by molar-refractivity contribution is 0.122. The van der Waals surface area contributed by atoms with Crippen LogP contribution in [0, 0.1) is 0 Å². The molecule has 7 nitrogen and oxygen atoms in total. The number of ether oxygens (including phenoxy) is 1. The summed E-state index contributed by atoms with van der Waals surface area (Å²) in [5.74, 6) is 0.919. The third-order valence-electron chi connectivity index (χ3n) is 4.93. The van der Waals surface area contributed by atoms with Crippen LogP contribution in [0.15, 0.2) is 18.3 Å². The van der Waals surface area contributed by atoms with Crippen LogP contribution < -0.4 is 15.5 Å². The number of fused-ring (bicyclic) bond motifs is 1. The van der Waals surface area contributed by atoms with Gasteiger partial charge in [0.2, 0.25) is 0 Å². The van der Waals surface area contributed by atoms with Gasteiger partial charge < -0.3 is 15.0 Å². The van der Waals surface area contributed by atoms with Crippen molar-refractivity contribution in [2.45, 2.75) is 38.6 Å². The van der Waals surface area contributed by atoms with E-state index in [2.05, 4.69) is 25.5 Å². The van der Waals surface area contributed by atoms with Crippen LogP contribution in [0.2, 0.25) is 0 Å². The molecule has 8 heteroatoms. The van der Waals surface area contributed by atoms with Crippen LogP contribution in [0.1, 0.15) is 35.4 Å². The largest absolute Gasteiger partial charge is 0.378 e. The molecule has 144 valence electrons. The standard InChI is InChI=1S/C19H25N5O2S/c25-18(23-19-22-15-6-2-1-3-7-16(15)27-19)21-13-14-5-4-8-20-17(14)24-9-11-26-12-10-24/h4-5,8H,1-3,6-7,9-13H2,(H2,21,22,23,25). The van der Waals surface area contributed by atoms with Gasteiger partial charge in [-0.15, -0.1) is 11.3 Å². The van der Waals surface area contributed by atoms with Gasteiger partial charge in [-0.2, -0.15) is 0 Å². The Morgan fingerprint density at radius 3 is 2.96 bits per heavy atom. The van der Waals surface area contributed by atoms with Crippen molar-refractivity contribution in [1.29, 1.82) is 0 Å². The second-order valence-electron chi connectivity index (χ2n) is 6.84. The Morgan fingerprint density at radius 1 is 1.22 bits per heavy atom. The van der Waals surface area contributed by atoms with Crippen molar-refractivity contribution in [2.75, 3.05) is 36.5 Å². The minimum Gasteiger partial charge on any atom is -0.378 e. The maximum Gasteiger partial charge on any atom is 0.321 e. The minimum atomic E-state index is -0.226. The topological polar surface area (TPSA) is 79.4 Å². The molecule has 2 aromatic rings. The zero-order valence-corrected chi connectivity index (χ0v) is 16.2. The third-order valence-corrected chi connectivity index (χ3v) is 6.01. The smallest absolute Gasteiger partial charge is 0.321 e. The zero-order chi connectivity index (χ0) is 18.5. The molecule has 4 rings (SSSR count). The molecular formula is C19H25N5O2S. The van der Waals surface area contributed by atoms with Crippen molar-refractivity contribution in [3.8, 4) is 0 Å². The maximum absolute atomic E-state index is 12.3. The van der Waals surface area contributed by atoms with E-state index in [0.29, 0.717) is 24.9 Å². The van der Waals surface area contributed by atoms with E-state index in [-0.39, 0.29) is 6.03 Å². The number of rotatable bonds is 4. The number of nitrogens with zero attached hydrogens (tertiary/aromatic N) is 3. The van der Waals surface area contributed by atoms with Crippen molar-refractivity contribution in [1.82, 2.24) is 15.3 Å². The molecule has 2 aliphatic rings. The molecule has 0 saturated carbocycles. The average molecular weight is 388 g/mol. The molecule has 0 bridgehead atoms. The molecule has 0 radical (unpaired) electrons. The Morgan fingerprint density at radius 2 is 2.07 bits per heavy atom. The lowest BCUT2D eigenvalue weighted by atomic mass is 10.2. The van der Waals surface area contributed by atoms with Gasteiger partial charge in [0.1, 0.15) is 5.82 Å². The van der Waals surface area contributed by atoms with Gasteiger partial charge in [-0.1, -0.05) is 12.5 Å². The molecule has 1 aliphatic heterocycles. The van der Waals surface area contributed by atoms with Gasteiger partial charge in [-0.25, -0.2) is 14.8 Å². The summed E-state index contributed by atoms with van der Waals surface area (Å²) in [4.78, 5) is 25.0. The molecule has 0 aromatic carbocycles. The minimum absolute atomic E-state index is 0.226. The highest BCUT2D eigenvalue weighted by Gasteiger charge is 2.17. The van der Waals surface area contributed by atoms with Crippen molar-refractivity contribution < 1.29 is 9.53 Å². The maximum atomic E-state index is 12.3. The van der Waals surface area contributed by atoms with E-state index in [1.54, 1.807) is 17.5 Å². The fourth-order valence-electron chi connectivity index (χ4n) is 3.53. The summed E-state index contributed by atoms with van der Waals surface area (Å²) in [7, 11) is 0. The Bertz CT molecular complexity index is 765. The van der Waals surface area contributed by atoms with Gasteiger partial charge in [-0.05, 0) is 31.7 Å². The fourth-order valence-corrected chi connectivity index (χ4v) is 4.57. The van der Waals surface area contributed by atoms with Crippen molar-refractivity contribution in [2.24, 2.45) is 0 Å². The lowest BCUT2D eigenvalue weighted by Gasteiger charge is -2.29. The number of carbonyl (C=O) groups is 1. The number of pyridine rings is 1. The summed E-state index contributed by atoms with van der Waals surface area (Å²) in [5.41, 5.74) is 2.17. The van der Waals surface area contributed by atoms with Crippen LogP contribution in [0.5, 0.6) is 0 Å². The average Bonchev–Trinajstić information content (AvgIpc) is 2.95. The van der Waals surface area contributed by atoms with Crippen LogP contribution in [0.3, 0.4) is 0 Å². The van der Waals surface area contributed by atoms with E-state index in [1.165, 1.54) is 24.1 Å². The first-order valence-corrected chi connectivity index (χ1v) is 10.4. The number of aryl methyl sites for hydroxylation is 2. The summed E-state index contributed by atoms with van der Waals surface area (Å²) < 4.78 is 5.41. The van der Waals surface area contributed by atoms with E-state index in [0.717, 1.165) is 43.0 Å². The molecule has 0 spiro atoms. The molecule has 0 atom stereocenters. The van der Waals surface area contributed by atoms with E-state index >= 15 is 0 Å². The van der Waals surface area contributed by atoms with E-state index in [1.807, 2.05) is 12.1 Å². The van der Waals surface area contributed by atoms with Crippen molar-refractivity contribution in [3.05, 3.63) is 34.5 Å². The summed E-state index contributed by atoms with van der Waals surface area (Å²) >= 11 is 1.61. The molecule has 2 aromatic heterocycles. The molecular weight excluding hydrogens is 362 g/mol. The predicted octanol–water partition coefficient (Wildman–Crippen LogP) is 2.97. The first kappa shape index (κ1) is 18.2. The Hall–Kier alpha value is -2.19. The number of nitrogens with one attached hydrogen (secondary N) is 2. The van der Waals surface area contributed by atoms with Crippen molar-refractivity contribution in [3.63, 3.8) is 0 Å². The Kier molecular flexibility index (Phi) is 5.84. The number of urea groups is 1. The number of anilines is 2. The normalized spacial score (nSPS) is 17.1. The monoisotopic (exact) mass is 387 g/mol. The highest BCUT2D eigenvalue weighted by Crippen LogP contribution is 2.28. The van der Waals surface area contributed by atoms with E-state index in [4.69, 9.17) is 4.74 Å². The highest BCUT2D eigenvalue weighted by atomic mass is 32.1. The van der Waals surface area contributed by atoms with Crippen LogP contribution in [0.25, 0.3) is 0 Å². The predicted molar refractivity (Wildman–Crippen MR) is 107 cm³/mol. The quantitative estimate of drug-likeness (QED) is 0.789. The van der Waals surface area contributed by atoms with Gasteiger partial charge >= 0.3 is 6.03 Å². The number of amides is 2. The first-order chi connectivity index (χ1) is 13.3. The summed E-state index contributed by atoms with van der Waals surface area (Å²) in [6.45, 7) is 3.48. The van der Waals surface area contributed by atoms with Crippen LogP contribution >= 0.6 is 11.3 Å². The van der Waals surface area contributed by atoms with E-state index < -0.39 is 0 Å². The second kappa shape index (κ2) is 8.67. The molecule has 0 unspecified atom stereocenters. The number of thiazole rings is 1. The number of hydrogen-bond acceptors (Lipinski definition) is 6. The van der Waals surface area contributed by atoms with Gasteiger partial charge in [0, 0.05) is 36.3 Å². The Balaban J connectivity index is 1.36. The van der Waals surface area contributed by atoms with Crippen LogP contribution in [-0.4, -0.2) is 42.3 Å². The summed E-state index contributed by atoms with van der Waals surface area (Å²) in [6.07, 6.45) is 7.56. The summed E-state index contributed by atoms with van der Waals surface area (Å²) in [5, 5.41) is 6.52. The second-order valence-corrected chi connectivity index (χ2v) is 7.93. The number of aromatic nitrogens is 2. The van der Waals surface area contributed by atoms with E-state index in [9.17, 15) is 4.79 Å². The molecule has 3 heterocycles. The van der Waals surface area contributed by atoms with Crippen molar-refractivity contribution >= 4 is 28.3 Å². The third kappa shape index (κ3) is 4.56. The fraction of sp³-hybridized carbons (Fsp3) is 0.526. The zero-order valence-electron chi connectivity index (χ0n) is 15.4. The van der Waals surface area contributed by atoms with Gasteiger partial charge in [0.25, 0.3) is 0 Å². The molecule has 27 heavy (non-hydrogen) atoms. The van der Waals surface area contributed by atoms with Gasteiger partial charge in [-0.3, -0.25) is 5.32 Å². The number of hydrogen-bond donors (Lipinski definition) is 2. The SMILES string of the molecule is O=C(NCc1cccnc1N1CCOCC1)Nc1nc2c(s1)CCCCC2. The first-order valence-electron chi connectivity index (χ1n) is 9.59. The molecule has 1 fully saturated rings. The van der Waals surface area contributed by atoms with Crippen LogP contribution in [0.4, 0.5) is 15.7 Å². The molecule has 1 aliphatic carbocycles. The Labute approximate surface area is 163 Å². The lowest BCUT2D eigenvalue weighted by Crippen LogP contribution is -2.38.